The summed E-state index contributed by atoms with van der Waals surface area (Å²) in [5.74, 6) is 1.37. The van der Waals surface area contributed by atoms with E-state index < -0.39 is 0 Å². The van der Waals surface area contributed by atoms with Gasteiger partial charge in [0, 0.05) is 36.7 Å². The van der Waals surface area contributed by atoms with E-state index in [1.165, 1.54) is 10.7 Å². The highest BCUT2D eigenvalue weighted by molar-refractivity contribution is 5.75. The molecule has 2 aromatic carbocycles. The number of benzene rings is 2. The Morgan fingerprint density at radius 2 is 1.87 bits per heavy atom. The van der Waals surface area contributed by atoms with E-state index in [1.807, 2.05) is 48.5 Å². The Balaban J connectivity index is 1.56. The number of amides is 1. The van der Waals surface area contributed by atoms with Gasteiger partial charge in [-0.25, -0.2) is 4.68 Å². The molecule has 30 heavy (non-hydrogen) atoms. The fraction of sp³-hybridized carbons (Fsp3) is 0.261. The predicted molar refractivity (Wildman–Crippen MR) is 115 cm³/mol. The zero-order valence-corrected chi connectivity index (χ0v) is 17.1. The van der Waals surface area contributed by atoms with Crippen molar-refractivity contribution in [2.75, 3.05) is 14.2 Å². The molecule has 0 bridgehead atoms. The summed E-state index contributed by atoms with van der Waals surface area (Å²) in [7, 11) is 3.21. The number of aryl methyl sites for hydroxylation is 1. The highest BCUT2D eigenvalue weighted by Crippen LogP contribution is 2.21. The number of hydrogen-bond acceptors (Lipinski definition) is 5. The molecule has 1 heterocycles. The summed E-state index contributed by atoms with van der Waals surface area (Å²) in [6.45, 7) is 0.755. The third kappa shape index (κ3) is 5.47. The Hall–Kier alpha value is -3.61. The van der Waals surface area contributed by atoms with Gasteiger partial charge in [-0.2, -0.15) is 5.10 Å². The van der Waals surface area contributed by atoms with Crippen molar-refractivity contribution >= 4 is 5.91 Å². The summed E-state index contributed by atoms with van der Waals surface area (Å²) in [6.07, 6.45) is 0.804. The van der Waals surface area contributed by atoms with E-state index in [2.05, 4.69) is 10.4 Å². The SMILES string of the molecule is COc1cccc(-c2ccc(=O)n(CCCC(=O)NCc3ccccc3OC)n2)c1. The number of ether oxygens (including phenoxy) is 2. The molecule has 0 fully saturated rings. The number of rotatable bonds is 9. The molecule has 0 aliphatic rings. The van der Waals surface area contributed by atoms with E-state index >= 15 is 0 Å². The lowest BCUT2D eigenvalue weighted by Crippen LogP contribution is -2.25. The fourth-order valence-electron chi connectivity index (χ4n) is 3.07. The van der Waals surface area contributed by atoms with Crippen LogP contribution in [0.1, 0.15) is 18.4 Å². The number of hydrogen-bond donors (Lipinski definition) is 1. The number of aromatic nitrogens is 2. The van der Waals surface area contributed by atoms with Crippen molar-refractivity contribution in [3.05, 3.63) is 76.6 Å². The Kier molecular flexibility index (Phi) is 7.21. The van der Waals surface area contributed by atoms with Crippen LogP contribution in [0.2, 0.25) is 0 Å². The molecule has 0 radical (unpaired) electrons. The summed E-state index contributed by atoms with van der Waals surface area (Å²) in [5, 5.41) is 7.32. The third-order valence-corrected chi connectivity index (χ3v) is 4.67. The van der Waals surface area contributed by atoms with Gasteiger partial charge >= 0.3 is 0 Å². The zero-order valence-electron chi connectivity index (χ0n) is 17.1. The fourth-order valence-corrected chi connectivity index (χ4v) is 3.07. The number of nitrogens with zero attached hydrogens (tertiary/aromatic N) is 2. The van der Waals surface area contributed by atoms with Gasteiger partial charge in [0.25, 0.3) is 5.56 Å². The van der Waals surface area contributed by atoms with Crippen molar-refractivity contribution in [2.24, 2.45) is 0 Å². The van der Waals surface area contributed by atoms with Crippen molar-refractivity contribution in [1.29, 1.82) is 0 Å². The van der Waals surface area contributed by atoms with Crippen LogP contribution < -0.4 is 20.3 Å². The van der Waals surface area contributed by atoms with Crippen molar-refractivity contribution < 1.29 is 14.3 Å². The van der Waals surface area contributed by atoms with Gasteiger partial charge in [-0.3, -0.25) is 9.59 Å². The van der Waals surface area contributed by atoms with Crippen molar-refractivity contribution in [3.63, 3.8) is 0 Å². The Morgan fingerprint density at radius 1 is 1.03 bits per heavy atom. The number of methoxy groups -OCH3 is 2. The normalized spacial score (nSPS) is 10.5. The Morgan fingerprint density at radius 3 is 2.67 bits per heavy atom. The van der Waals surface area contributed by atoms with Crippen molar-refractivity contribution in [1.82, 2.24) is 15.1 Å². The lowest BCUT2D eigenvalue weighted by atomic mass is 10.1. The highest BCUT2D eigenvalue weighted by atomic mass is 16.5. The number of carbonyl (C=O) groups is 1. The van der Waals surface area contributed by atoms with E-state index in [0.29, 0.717) is 31.6 Å². The van der Waals surface area contributed by atoms with E-state index in [-0.39, 0.29) is 11.5 Å². The summed E-state index contributed by atoms with van der Waals surface area (Å²) in [4.78, 5) is 24.3. The molecule has 1 amide bonds. The molecule has 1 aromatic heterocycles. The van der Waals surface area contributed by atoms with Crippen LogP contribution in [0, 0.1) is 0 Å². The third-order valence-electron chi connectivity index (χ3n) is 4.67. The summed E-state index contributed by atoms with van der Waals surface area (Å²) in [5.41, 5.74) is 2.25. The second-order valence-corrected chi connectivity index (χ2v) is 6.70. The minimum Gasteiger partial charge on any atom is -0.497 e. The number of nitrogens with one attached hydrogen (secondary N) is 1. The van der Waals surface area contributed by atoms with Crippen molar-refractivity contribution in [3.8, 4) is 22.8 Å². The second kappa shape index (κ2) is 10.2. The van der Waals surface area contributed by atoms with Gasteiger partial charge in [0.1, 0.15) is 11.5 Å². The van der Waals surface area contributed by atoms with Crippen LogP contribution in [0.3, 0.4) is 0 Å². The monoisotopic (exact) mass is 407 g/mol. The molecule has 7 heteroatoms. The molecule has 0 saturated carbocycles. The minimum atomic E-state index is -0.198. The van der Waals surface area contributed by atoms with E-state index in [1.54, 1.807) is 20.3 Å². The van der Waals surface area contributed by atoms with Gasteiger partial charge in [0.15, 0.2) is 0 Å². The molecule has 156 valence electrons. The maximum absolute atomic E-state index is 12.2. The topological polar surface area (TPSA) is 82.5 Å². The molecule has 3 aromatic rings. The van der Waals surface area contributed by atoms with Crippen LogP contribution in [0.25, 0.3) is 11.3 Å². The van der Waals surface area contributed by atoms with Crippen LogP contribution in [0.4, 0.5) is 0 Å². The minimum absolute atomic E-state index is 0.0853. The van der Waals surface area contributed by atoms with Gasteiger partial charge in [-0.15, -0.1) is 0 Å². The molecule has 0 unspecified atom stereocenters. The predicted octanol–water partition coefficient (Wildman–Crippen LogP) is 3.02. The van der Waals surface area contributed by atoms with Crippen LogP contribution in [-0.2, 0) is 17.9 Å². The molecule has 0 saturated heterocycles. The zero-order chi connectivity index (χ0) is 21.3. The van der Waals surface area contributed by atoms with E-state index in [4.69, 9.17) is 9.47 Å². The van der Waals surface area contributed by atoms with Gasteiger partial charge in [0.2, 0.25) is 5.91 Å². The molecule has 0 atom stereocenters. The maximum Gasteiger partial charge on any atom is 0.266 e. The quantitative estimate of drug-likeness (QED) is 0.590. The highest BCUT2D eigenvalue weighted by Gasteiger charge is 2.08. The molecule has 0 spiro atoms. The van der Waals surface area contributed by atoms with Crippen LogP contribution in [-0.4, -0.2) is 29.9 Å². The largest absolute Gasteiger partial charge is 0.497 e. The molecule has 0 aliphatic carbocycles. The Labute approximate surface area is 175 Å². The Bertz CT molecular complexity index is 1060. The maximum atomic E-state index is 12.2. The summed E-state index contributed by atoms with van der Waals surface area (Å²) in [6, 6.07) is 18.2. The molecular formula is C23H25N3O4. The summed E-state index contributed by atoms with van der Waals surface area (Å²) < 4.78 is 11.9. The average molecular weight is 407 g/mol. The number of para-hydroxylation sites is 1. The number of carbonyl (C=O) groups excluding carboxylic acids is 1. The molecule has 7 nitrogen and oxygen atoms in total. The lowest BCUT2D eigenvalue weighted by Gasteiger charge is -2.10. The first kappa shape index (κ1) is 21.1. The molecule has 1 N–H and O–H groups in total. The van der Waals surface area contributed by atoms with Crippen LogP contribution in [0.15, 0.2) is 65.5 Å². The van der Waals surface area contributed by atoms with E-state index in [0.717, 1.165) is 22.6 Å². The first-order chi connectivity index (χ1) is 14.6. The molecule has 0 aliphatic heterocycles. The average Bonchev–Trinajstić information content (AvgIpc) is 2.79. The smallest absolute Gasteiger partial charge is 0.266 e. The van der Waals surface area contributed by atoms with E-state index in [9.17, 15) is 9.59 Å². The first-order valence-corrected chi connectivity index (χ1v) is 9.72. The van der Waals surface area contributed by atoms with Gasteiger partial charge in [-0.05, 0) is 30.7 Å². The van der Waals surface area contributed by atoms with Gasteiger partial charge in [-0.1, -0.05) is 30.3 Å². The standard InChI is InChI=1S/C23H25N3O4/c1-29-19-9-5-8-17(15-19)20-12-13-23(28)26(25-20)14-6-11-22(27)24-16-18-7-3-4-10-21(18)30-2/h3-5,7-10,12-13,15H,6,11,14,16H2,1-2H3,(H,24,27). The molecule has 3 rings (SSSR count). The second-order valence-electron chi connectivity index (χ2n) is 6.70. The molecular weight excluding hydrogens is 382 g/mol. The van der Waals surface area contributed by atoms with Gasteiger partial charge in [0.05, 0.1) is 19.9 Å². The van der Waals surface area contributed by atoms with Crippen LogP contribution >= 0.6 is 0 Å². The first-order valence-electron chi connectivity index (χ1n) is 9.72. The van der Waals surface area contributed by atoms with Crippen molar-refractivity contribution in [2.45, 2.75) is 25.9 Å². The summed E-state index contributed by atoms with van der Waals surface area (Å²) >= 11 is 0. The lowest BCUT2D eigenvalue weighted by molar-refractivity contribution is -0.121. The van der Waals surface area contributed by atoms with Gasteiger partial charge < -0.3 is 14.8 Å². The van der Waals surface area contributed by atoms with Crippen LogP contribution in [0.5, 0.6) is 11.5 Å².